The van der Waals surface area contributed by atoms with Crippen LogP contribution >= 0.6 is 0 Å². The summed E-state index contributed by atoms with van der Waals surface area (Å²) in [6.07, 6.45) is 5.23. The minimum absolute atomic E-state index is 0.0976. The van der Waals surface area contributed by atoms with E-state index in [2.05, 4.69) is 20.3 Å². The molecule has 0 aliphatic rings. The number of aromatic nitrogens is 3. The number of aromatic carboxylic acids is 1. The number of rotatable bonds is 5. The van der Waals surface area contributed by atoms with Gasteiger partial charge in [-0.05, 0) is 18.6 Å². The van der Waals surface area contributed by atoms with Gasteiger partial charge in [0, 0.05) is 18.6 Å². The quantitative estimate of drug-likeness (QED) is 0.763. The van der Waals surface area contributed by atoms with Crippen molar-refractivity contribution in [3.8, 4) is 0 Å². The third-order valence-corrected chi connectivity index (χ3v) is 2.81. The molecule has 2 aromatic heterocycles. The number of carboxylic acids is 1. The molecule has 1 amide bonds. The van der Waals surface area contributed by atoms with Gasteiger partial charge in [-0.25, -0.2) is 14.8 Å². The molecule has 2 aromatic rings. The highest BCUT2D eigenvalue weighted by Crippen LogP contribution is 2.12. The molecule has 0 aromatic carbocycles. The van der Waals surface area contributed by atoms with Crippen molar-refractivity contribution in [2.24, 2.45) is 0 Å². The van der Waals surface area contributed by atoms with Gasteiger partial charge in [-0.1, -0.05) is 6.92 Å². The summed E-state index contributed by atoms with van der Waals surface area (Å²) in [5.74, 6) is -0.771. The van der Waals surface area contributed by atoms with E-state index < -0.39 is 5.97 Å². The first-order valence-corrected chi connectivity index (χ1v) is 6.11. The Labute approximate surface area is 115 Å². The summed E-state index contributed by atoms with van der Waals surface area (Å²) in [5, 5.41) is 11.6. The Bertz CT molecular complexity index is 593. The first-order valence-electron chi connectivity index (χ1n) is 6.11. The zero-order chi connectivity index (χ0) is 14.5. The third-order valence-electron chi connectivity index (χ3n) is 2.81. The molecular formula is C13H14N4O3. The van der Waals surface area contributed by atoms with Crippen LogP contribution < -0.4 is 5.32 Å². The monoisotopic (exact) mass is 274 g/mol. The number of H-pyrrole nitrogens is 1. The van der Waals surface area contributed by atoms with Gasteiger partial charge in [-0.2, -0.15) is 0 Å². The van der Waals surface area contributed by atoms with E-state index in [4.69, 9.17) is 5.11 Å². The van der Waals surface area contributed by atoms with Crippen molar-refractivity contribution in [3.05, 3.63) is 47.8 Å². The van der Waals surface area contributed by atoms with Crippen LogP contribution in [0, 0.1) is 0 Å². The van der Waals surface area contributed by atoms with Gasteiger partial charge in [0.25, 0.3) is 5.91 Å². The molecule has 7 nitrogen and oxygen atoms in total. The van der Waals surface area contributed by atoms with Gasteiger partial charge in [-0.3, -0.25) is 4.79 Å². The number of carbonyl (C=O) groups excluding carboxylic acids is 1. The number of pyridine rings is 1. The number of nitrogens with one attached hydrogen (secondary N) is 2. The summed E-state index contributed by atoms with van der Waals surface area (Å²) in [6.45, 7) is 1.93. The van der Waals surface area contributed by atoms with Crippen LogP contribution in [0.15, 0.2) is 30.7 Å². The second-order valence-corrected chi connectivity index (χ2v) is 4.15. The Balaban J connectivity index is 2.09. The van der Waals surface area contributed by atoms with E-state index in [1.54, 1.807) is 12.4 Å². The molecule has 1 atom stereocenters. The van der Waals surface area contributed by atoms with Crippen LogP contribution in [-0.4, -0.2) is 31.9 Å². The van der Waals surface area contributed by atoms with Gasteiger partial charge >= 0.3 is 5.97 Å². The molecule has 0 bridgehead atoms. The molecule has 0 aliphatic heterocycles. The van der Waals surface area contributed by atoms with Crippen molar-refractivity contribution >= 4 is 11.9 Å². The number of imidazole rings is 1. The molecule has 0 saturated heterocycles. The largest absolute Gasteiger partial charge is 0.477 e. The summed E-state index contributed by atoms with van der Waals surface area (Å²) in [7, 11) is 0. The lowest BCUT2D eigenvalue weighted by Crippen LogP contribution is -2.29. The lowest BCUT2D eigenvalue weighted by atomic mass is 10.2. The average molecular weight is 274 g/mol. The highest BCUT2D eigenvalue weighted by atomic mass is 16.4. The topological polar surface area (TPSA) is 108 Å². The third kappa shape index (κ3) is 3.00. The van der Waals surface area contributed by atoms with Gasteiger partial charge < -0.3 is 15.4 Å². The smallest absolute Gasteiger partial charge is 0.354 e. The molecule has 1 unspecified atom stereocenters. The fourth-order valence-corrected chi connectivity index (χ4v) is 1.73. The van der Waals surface area contributed by atoms with E-state index in [0.29, 0.717) is 17.8 Å². The first-order chi connectivity index (χ1) is 9.61. The van der Waals surface area contributed by atoms with Crippen LogP contribution in [0.3, 0.4) is 0 Å². The maximum atomic E-state index is 12.1. The Morgan fingerprint density at radius 1 is 1.40 bits per heavy atom. The van der Waals surface area contributed by atoms with E-state index in [1.807, 2.05) is 6.92 Å². The Morgan fingerprint density at radius 2 is 2.20 bits per heavy atom. The molecule has 0 aliphatic carbocycles. The van der Waals surface area contributed by atoms with E-state index in [9.17, 15) is 9.59 Å². The van der Waals surface area contributed by atoms with Crippen molar-refractivity contribution in [3.63, 3.8) is 0 Å². The van der Waals surface area contributed by atoms with E-state index >= 15 is 0 Å². The molecular weight excluding hydrogens is 260 g/mol. The van der Waals surface area contributed by atoms with E-state index in [1.165, 1.54) is 18.3 Å². The Kier molecular flexibility index (Phi) is 4.09. The molecule has 0 spiro atoms. The van der Waals surface area contributed by atoms with Crippen molar-refractivity contribution in [1.29, 1.82) is 0 Å². The van der Waals surface area contributed by atoms with Gasteiger partial charge in [0.15, 0.2) is 0 Å². The number of amides is 1. The second kappa shape index (κ2) is 5.96. The number of hydrogen-bond donors (Lipinski definition) is 3. The van der Waals surface area contributed by atoms with Crippen molar-refractivity contribution in [2.75, 3.05) is 0 Å². The molecule has 2 heterocycles. The predicted octanol–water partition coefficient (Wildman–Crippen LogP) is 1.38. The maximum Gasteiger partial charge on any atom is 0.354 e. The van der Waals surface area contributed by atoms with Crippen molar-refractivity contribution in [1.82, 2.24) is 20.3 Å². The molecule has 104 valence electrons. The highest BCUT2D eigenvalue weighted by Gasteiger charge is 2.16. The maximum absolute atomic E-state index is 12.1. The van der Waals surface area contributed by atoms with Crippen LogP contribution in [0.5, 0.6) is 0 Å². The van der Waals surface area contributed by atoms with Crippen LogP contribution in [-0.2, 0) is 0 Å². The lowest BCUT2D eigenvalue weighted by molar-refractivity contribution is 0.0689. The molecule has 0 saturated carbocycles. The molecule has 2 rings (SSSR count). The Hall–Kier alpha value is -2.70. The fraction of sp³-hybridized carbons (Fsp3) is 0.231. The zero-order valence-electron chi connectivity index (χ0n) is 10.8. The van der Waals surface area contributed by atoms with Crippen LogP contribution in [0.25, 0.3) is 0 Å². The first kappa shape index (κ1) is 13.7. The summed E-state index contributed by atoms with van der Waals surface area (Å²) < 4.78 is 0. The van der Waals surface area contributed by atoms with Crippen LogP contribution in [0.4, 0.5) is 0 Å². The number of nitrogens with zero attached hydrogens (tertiary/aromatic N) is 2. The van der Waals surface area contributed by atoms with Gasteiger partial charge in [0.05, 0.1) is 11.6 Å². The van der Waals surface area contributed by atoms with Crippen LogP contribution in [0.1, 0.15) is 46.1 Å². The number of aromatic amines is 1. The number of carboxylic acid groups (broad SMARTS) is 1. The lowest BCUT2D eigenvalue weighted by Gasteiger charge is -2.14. The predicted molar refractivity (Wildman–Crippen MR) is 70.3 cm³/mol. The second-order valence-electron chi connectivity index (χ2n) is 4.15. The average Bonchev–Trinajstić information content (AvgIpc) is 2.98. The SMILES string of the molecule is CCC(NC(=O)c1ccc(C(=O)O)nc1)c1ncc[nH]1. The minimum atomic E-state index is -1.13. The van der Waals surface area contributed by atoms with E-state index in [-0.39, 0.29) is 17.6 Å². The van der Waals surface area contributed by atoms with Gasteiger partial charge in [0.2, 0.25) is 0 Å². The Morgan fingerprint density at radius 3 is 2.70 bits per heavy atom. The number of carbonyl (C=O) groups is 2. The normalized spacial score (nSPS) is 11.8. The summed E-state index contributed by atoms with van der Waals surface area (Å²) in [5.41, 5.74) is 0.208. The minimum Gasteiger partial charge on any atom is -0.477 e. The molecule has 7 heteroatoms. The fourth-order valence-electron chi connectivity index (χ4n) is 1.73. The van der Waals surface area contributed by atoms with Gasteiger partial charge in [0.1, 0.15) is 11.5 Å². The molecule has 0 fully saturated rings. The summed E-state index contributed by atoms with van der Waals surface area (Å²) in [6, 6.07) is 2.50. The van der Waals surface area contributed by atoms with Crippen molar-refractivity contribution in [2.45, 2.75) is 19.4 Å². The molecule has 3 N–H and O–H groups in total. The standard InChI is InChI=1S/C13H14N4O3/c1-2-9(11-14-5-6-15-11)17-12(18)8-3-4-10(13(19)20)16-7-8/h3-7,9H,2H2,1H3,(H,14,15)(H,17,18)(H,19,20). The van der Waals surface area contributed by atoms with Gasteiger partial charge in [-0.15, -0.1) is 0 Å². The summed E-state index contributed by atoms with van der Waals surface area (Å²) in [4.78, 5) is 33.5. The van der Waals surface area contributed by atoms with Crippen molar-refractivity contribution < 1.29 is 14.7 Å². The molecule has 0 radical (unpaired) electrons. The van der Waals surface area contributed by atoms with E-state index in [0.717, 1.165) is 0 Å². The zero-order valence-corrected chi connectivity index (χ0v) is 10.8. The molecule has 20 heavy (non-hydrogen) atoms. The number of hydrogen-bond acceptors (Lipinski definition) is 4. The highest BCUT2D eigenvalue weighted by molar-refractivity contribution is 5.95. The van der Waals surface area contributed by atoms with Crippen LogP contribution in [0.2, 0.25) is 0 Å². The summed E-state index contributed by atoms with van der Waals surface area (Å²) >= 11 is 0.